The Morgan fingerprint density at radius 2 is 1.67 bits per heavy atom. The Labute approximate surface area is 146 Å². The van der Waals surface area contributed by atoms with E-state index in [1.54, 1.807) is 0 Å². The van der Waals surface area contributed by atoms with Gasteiger partial charge in [-0.25, -0.2) is 0 Å². The van der Waals surface area contributed by atoms with Crippen molar-refractivity contribution in [3.8, 4) is 0 Å². The molecule has 4 aliphatic rings. The van der Waals surface area contributed by atoms with Crippen LogP contribution in [0, 0.1) is 34.5 Å². The summed E-state index contributed by atoms with van der Waals surface area (Å²) in [6.45, 7) is 4.93. The summed E-state index contributed by atoms with van der Waals surface area (Å²) in [4.78, 5) is 0. The zero-order chi connectivity index (χ0) is 17.2. The van der Waals surface area contributed by atoms with Gasteiger partial charge in [0.05, 0.1) is 11.7 Å². The second-order valence-corrected chi connectivity index (χ2v) is 10.1. The maximum Gasteiger partial charge on any atom is 0.0725 e. The lowest BCUT2D eigenvalue weighted by Gasteiger charge is -2.61. The van der Waals surface area contributed by atoms with Crippen LogP contribution < -0.4 is 0 Å². The fourth-order valence-corrected chi connectivity index (χ4v) is 7.94. The molecule has 0 saturated heterocycles. The molecule has 3 heteroatoms. The van der Waals surface area contributed by atoms with Crippen molar-refractivity contribution in [3.63, 3.8) is 0 Å². The standard InChI is InChI=1S/C21H36O3/c1-19-8-5-15(23)13-14(19)3-4-16-17(19)6-9-20(2)18(16)7-10-21(20,24)11-12-22/h14-18,22-24H,3-13H2,1-2H3/t14-,15-,16+,17-,18-,19-,20-,21-/m0/s1. The van der Waals surface area contributed by atoms with Gasteiger partial charge in [0.2, 0.25) is 0 Å². The van der Waals surface area contributed by atoms with E-state index in [9.17, 15) is 15.3 Å². The molecule has 138 valence electrons. The lowest BCUT2D eigenvalue weighted by molar-refractivity contribution is -0.162. The van der Waals surface area contributed by atoms with Crippen molar-refractivity contribution in [2.24, 2.45) is 34.5 Å². The molecular weight excluding hydrogens is 300 g/mol. The van der Waals surface area contributed by atoms with Crippen LogP contribution in [0.5, 0.6) is 0 Å². The van der Waals surface area contributed by atoms with Crippen molar-refractivity contribution in [2.45, 2.75) is 89.8 Å². The Morgan fingerprint density at radius 1 is 0.917 bits per heavy atom. The molecule has 0 heterocycles. The Morgan fingerprint density at radius 3 is 2.42 bits per heavy atom. The van der Waals surface area contributed by atoms with E-state index in [1.807, 2.05) is 0 Å². The first-order valence-electron chi connectivity index (χ1n) is 10.4. The average Bonchev–Trinajstić information content (AvgIpc) is 2.80. The summed E-state index contributed by atoms with van der Waals surface area (Å²) < 4.78 is 0. The quantitative estimate of drug-likeness (QED) is 0.723. The maximum absolute atomic E-state index is 11.3. The monoisotopic (exact) mass is 336 g/mol. The minimum Gasteiger partial charge on any atom is -0.396 e. The molecule has 4 aliphatic carbocycles. The molecule has 0 aliphatic heterocycles. The average molecular weight is 337 g/mol. The molecule has 0 aromatic carbocycles. The number of aliphatic hydroxyl groups is 3. The van der Waals surface area contributed by atoms with Crippen molar-refractivity contribution in [2.75, 3.05) is 6.61 Å². The van der Waals surface area contributed by atoms with Crippen LogP contribution in [0.3, 0.4) is 0 Å². The highest BCUT2D eigenvalue weighted by atomic mass is 16.3. The van der Waals surface area contributed by atoms with Crippen LogP contribution in [-0.2, 0) is 0 Å². The van der Waals surface area contributed by atoms with E-state index in [0.717, 1.165) is 43.9 Å². The van der Waals surface area contributed by atoms with Crippen LogP contribution in [-0.4, -0.2) is 33.6 Å². The van der Waals surface area contributed by atoms with Crippen LogP contribution in [0.4, 0.5) is 0 Å². The molecule has 4 rings (SSSR count). The van der Waals surface area contributed by atoms with Crippen LogP contribution in [0.25, 0.3) is 0 Å². The molecule has 0 aromatic heterocycles. The normalized spacial score (nSPS) is 57.1. The second-order valence-electron chi connectivity index (χ2n) is 10.1. The van der Waals surface area contributed by atoms with Crippen molar-refractivity contribution in [1.82, 2.24) is 0 Å². The van der Waals surface area contributed by atoms with Gasteiger partial charge in [-0.2, -0.15) is 0 Å². The Hall–Kier alpha value is -0.120. The van der Waals surface area contributed by atoms with Gasteiger partial charge in [-0.3, -0.25) is 0 Å². The molecule has 0 amide bonds. The number of hydrogen-bond donors (Lipinski definition) is 3. The lowest BCUT2D eigenvalue weighted by atomic mass is 9.44. The highest BCUT2D eigenvalue weighted by molar-refractivity contribution is 5.13. The molecule has 4 saturated carbocycles. The summed E-state index contributed by atoms with van der Waals surface area (Å²) in [5.41, 5.74) is -0.257. The molecule has 0 bridgehead atoms. The third-order valence-corrected chi connectivity index (χ3v) is 9.49. The summed E-state index contributed by atoms with van der Waals surface area (Å²) in [6, 6.07) is 0. The topological polar surface area (TPSA) is 60.7 Å². The Balaban J connectivity index is 1.61. The van der Waals surface area contributed by atoms with E-state index in [4.69, 9.17) is 0 Å². The molecule has 8 atom stereocenters. The predicted molar refractivity (Wildman–Crippen MR) is 94.4 cm³/mol. The van der Waals surface area contributed by atoms with Crippen LogP contribution in [0.15, 0.2) is 0 Å². The molecule has 0 spiro atoms. The first kappa shape index (κ1) is 17.3. The van der Waals surface area contributed by atoms with Gasteiger partial charge in [-0.15, -0.1) is 0 Å². The predicted octanol–water partition coefficient (Wildman–Crippen LogP) is 3.50. The molecule has 24 heavy (non-hydrogen) atoms. The minimum absolute atomic E-state index is 0.00568. The van der Waals surface area contributed by atoms with Gasteiger partial charge >= 0.3 is 0 Å². The van der Waals surface area contributed by atoms with Gasteiger partial charge in [-0.1, -0.05) is 13.8 Å². The van der Waals surface area contributed by atoms with Crippen LogP contribution in [0.2, 0.25) is 0 Å². The van der Waals surface area contributed by atoms with E-state index in [1.165, 1.54) is 25.7 Å². The summed E-state index contributed by atoms with van der Waals surface area (Å²) in [6.07, 6.45) is 10.5. The Bertz CT molecular complexity index is 491. The molecule has 0 unspecified atom stereocenters. The first-order chi connectivity index (χ1) is 11.3. The van der Waals surface area contributed by atoms with E-state index >= 15 is 0 Å². The summed E-state index contributed by atoms with van der Waals surface area (Å²) in [7, 11) is 0. The van der Waals surface area contributed by atoms with Gasteiger partial charge in [0.1, 0.15) is 0 Å². The SMILES string of the molecule is C[C@]12CC[C@H](O)C[C@@H]1CC[C@@H]1[C@@H]2CC[C@@]2(C)[C@H]1CC[C@]2(O)CCO. The van der Waals surface area contributed by atoms with Gasteiger partial charge in [-0.05, 0) is 98.7 Å². The number of aliphatic hydroxyl groups excluding tert-OH is 2. The highest BCUT2D eigenvalue weighted by Crippen LogP contribution is 2.68. The third kappa shape index (κ3) is 2.20. The number of fused-ring (bicyclic) bond motifs is 5. The Kier molecular flexibility index (Phi) is 4.10. The largest absolute Gasteiger partial charge is 0.396 e. The van der Waals surface area contributed by atoms with Crippen LogP contribution >= 0.6 is 0 Å². The number of hydrogen-bond acceptors (Lipinski definition) is 3. The summed E-state index contributed by atoms with van der Waals surface area (Å²) in [5, 5.41) is 30.9. The zero-order valence-corrected chi connectivity index (χ0v) is 15.5. The van der Waals surface area contributed by atoms with E-state index in [-0.39, 0.29) is 18.1 Å². The van der Waals surface area contributed by atoms with Gasteiger partial charge in [0.15, 0.2) is 0 Å². The maximum atomic E-state index is 11.3. The van der Waals surface area contributed by atoms with E-state index in [0.29, 0.717) is 23.7 Å². The first-order valence-corrected chi connectivity index (χ1v) is 10.4. The fourth-order valence-electron chi connectivity index (χ4n) is 7.94. The van der Waals surface area contributed by atoms with Crippen molar-refractivity contribution >= 4 is 0 Å². The van der Waals surface area contributed by atoms with Crippen molar-refractivity contribution < 1.29 is 15.3 Å². The second kappa shape index (κ2) is 5.69. The molecule has 0 aromatic rings. The number of rotatable bonds is 2. The van der Waals surface area contributed by atoms with E-state index < -0.39 is 5.60 Å². The van der Waals surface area contributed by atoms with Crippen molar-refractivity contribution in [3.05, 3.63) is 0 Å². The van der Waals surface area contributed by atoms with Gasteiger partial charge in [0, 0.05) is 6.61 Å². The van der Waals surface area contributed by atoms with Crippen molar-refractivity contribution in [1.29, 1.82) is 0 Å². The van der Waals surface area contributed by atoms with Crippen LogP contribution in [0.1, 0.15) is 78.1 Å². The minimum atomic E-state index is -0.655. The highest BCUT2D eigenvalue weighted by Gasteiger charge is 2.64. The smallest absolute Gasteiger partial charge is 0.0725 e. The molecule has 0 radical (unpaired) electrons. The molecule has 4 fully saturated rings. The van der Waals surface area contributed by atoms with E-state index in [2.05, 4.69) is 13.8 Å². The zero-order valence-electron chi connectivity index (χ0n) is 15.5. The lowest BCUT2D eigenvalue weighted by Crippen LogP contribution is -2.57. The fraction of sp³-hybridized carbons (Fsp3) is 1.00. The van der Waals surface area contributed by atoms with Gasteiger partial charge in [0.25, 0.3) is 0 Å². The molecular formula is C21H36O3. The third-order valence-electron chi connectivity index (χ3n) is 9.49. The molecule has 3 N–H and O–H groups in total. The van der Waals surface area contributed by atoms with Gasteiger partial charge < -0.3 is 15.3 Å². The summed E-state index contributed by atoms with van der Waals surface area (Å²) in [5.74, 6) is 2.84. The molecule has 3 nitrogen and oxygen atoms in total. The summed E-state index contributed by atoms with van der Waals surface area (Å²) >= 11 is 0.